The van der Waals surface area contributed by atoms with Gasteiger partial charge in [-0.05, 0) is 40.8 Å². The van der Waals surface area contributed by atoms with Gasteiger partial charge in [0.25, 0.3) is 0 Å². The van der Waals surface area contributed by atoms with Crippen LogP contribution in [0.15, 0.2) is 0 Å². The van der Waals surface area contributed by atoms with E-state index in [1.165, 1.54) is 0 Å². The molecule has 0 saturated heterocycles. The molecule has 4 heteroatoms. The molecule has 0 fully saturated rings. The molecule has 4 nitrogen and oxygen atoms in total. The standard InChI is InChI=1S/C11H20N2O2/c1-5-15-10(14)7-6-8-13(4)11(2,3)9-12/h5-8H2,1-4H3. The lowest BCUT2D eigenvalue weighted by molar-refractivity contribution is -0.143. The van der Waals surface area contributed by atoms with E-state index in [9.17, 15) is 4.79 Å². The highest BCUT2D eigenvalue weighted by Crippen LogP contribution is 2.11. The van der Waals surface area contributed by atoms with Crippen LogP contribution in [0.2, 0.25) is 0 Å². The summed E-state index contributed by atoms with van der Waals surface area (Å²) < 4.78 is 4.81. The quantitative estimate of drug-likeness (QED) is 0.627. The van der Waals surface area contributed by atoms with Crippen LogP contribution in [0.4, 0.5) is 0 Å². The van der Waals surface area contributed by atoms with E-state index in [1.54, 1.807) is 6.92 Å². The Bertz CT molecular complexity index is 243. The number of esters is 1. The molecule has 0 aromatic carbocycles. The van der Waals surface area contributed by atoms with Gasteiger partial charge in [0.1, 0.15) is 5.54 Å². The van der Waals surface area contributed by atoms with Crippen LogP contribution >= 0.6 is 0 Å². The minimum absolute atomic E-state index is 0.166. The van der Waals surface area contributed by atoms with Gasteiger partial charge in [-0.1, -0.05) is 0 Å². The van der Waals surface area contributed by atoms with Crippen LogP contribution in [0.3, 0.4) is 0 Å². The maximum Gasteiger partial charge on any atom is 0.305 e. The number of nitrogens with zero attached hydrogens (tertiary/aromatic N) is 2. The number of carbonyl (C=O) groups excluding carboxylic acids is 1. The van der Waals surface area contributed by atoms with Crippen molar-refractivity contribution in [2.45, 2.75) is 39.2 Å². The summed E-state index contributed by atoms with van der Waals surface area (Å²) in [5.74, 6) is -0.166. The fourth-order valence-corrected chi connectivity index (χ4v) is 1.06. The van der Waals surface area contributed by atoms with E-state index in [1.807, 2.05) is 25.8 Å². The van der Waals surface area contributed by atoms with Crippen LogP contribution in [0.25, 0.3) is 0 Å². The topological polar surface area (TPSA) is 53.3 Å². The van der Waals surface area contributed by atoms with Gasteiger partial charge in [0.2, 0.25) is 0 Å². The third kappa shape index (κ3) is 5.38. The minimum Gasteiger partial charge on any atom is -0.466 e. The van der Waals surface area contributed by atoms with Gasteiger partial charge >= 0.3 is 5.97 Å². The molecule has 0 aliphatic rings. The SMILES string of the molecule is CCOC(=O)CCCN(C)C(C)(C)C#N. The Labute approximate surface area is 91.8 Å². The van der Waals surface area contributed by atoms with E-state index in [-0.39, 0.29) is 5.97 Å². The molecule has 0 radical (unpaired) electrons. The van der Waals surface area contributed by atoms with Crippen LogP contribution in [-0.4, -0.2) is 36.6 Å². The first-order valence-electron chi connectivity index (χ1n) is 5.22. The van der Waals surface area contributed by atoms with E-state index in [4.69, 9.17) is 10.00 Å². The summed E-state index contributed by atoms with van der Waals surface area (Å²) >= 11 is 0. The fourth-order valence-electron chi connectivity index (χ4n) is 1.06. The molecule has 0 heterocycles. The number of ether oxygens (including phenoxy) is 1. The maximum atomic E-state index is 11.0. The third-order valence-electron chi connectivity index (χ3n) is 2.41. The molecule has 0 N–H and O–H groups in total. The van der Waals surface area contributed by atoms with Gasteiger partial charge in [0, 0.05) is 6.42 Å². The van der Waals surface area contributed by atoms with Crippen molar-refractivity contribution in [2.24, 2.45) is 0 Å². The Morgan fingerprint density at radius 3 is 2.60 bits per heavy atom. The number of carbonyl (C=O) groups is 1. The van der Waals surface area contributed by atoms with Crippen LogP contribution < -0.4 is 0 Å². The van der Waals surface area contributed by atoms with Crippen molar-refractivity contribution in [1.29, 1.82) is 5.26 Å². The largest absolute Gasteiger partial charge is 0.466 e. The Kier molecular flexibility index (Phi) is 5.95. The Hall–Kier alpha value is -1.08. The van der Waals surface area contributed by atoms with E-state index in [0.29, 0.717) is 13.0 Å². The number of nitriles is 1. The minimum atomic E-state index is -0.478. The second kappa shape index (κ2) is 6.41. The summed E-state index contributed by atoms with van der Waals surface area (Å²) in [6, 6.07) is 2.21. The van der Waals surface area contributed by atoms with Gasteiger partial charge in [0.15, 0.2) is 0 Å². The van der Waals surface area contributed by atoms with Crippen molar-refractivity contribution in [3.05, 3.63) is 0 Å². The predicted molar refractivity (Wildman–Crippen MR) is 58.2 cm³/mol. The summed E-state index contributed by atoms with van der Waals surface area (Å²) in [5.41, 5.74) is -0.478. The zero-order valence-corrected chi connectivity index (χ0v) is 10.0. The summed E-state index contributed by atoms with van der Waals surface area (Å²) in [6.07, 6.45) is 1.14. The molecule has 0 spiro atoms. The second-order valence-corrected chi connectivity index (χ2v) is 4.00. The molecule has 0 aliphatic heterocycles. The molecule has 0 aromatic rings. The van der Waals surface area contributed by atoms with Crippen molar-refractivity contribution < 1.29 is 9.53 Å². The zero-order valence-electron chi connectivity index (χ0n) is 10.0. The molecule has 0 aliphatic carbocycles. The van der Waals surface area contributed by atoms with Crippen LogP contribution in [0, 0.1) is 11.3 Å². The molecule has 86 valence electrons. The van der Waals surface area contributed by atoms with E-state index >= 15 is 0 Å². The summed E-state index contributed by atoms with van der Waals surface area (Å²) in [4.78, 5) is 13.0. The molecule has 0 atom stereocenters. The first kappa shape index (κ1) is 13.9. The number of hydrogen-bond acceptors (Lipinski definition) is 4. The molecule has 15 heavy (non-hydrogen) atoms. The molecule has 0 amide bonds. The fraction of sp³-hybridized carbons (Fsp3) is 0.818. The number of rotatable bonds is 6. The van der Waals surface area contributed by atoms with Gasteiger partial charge in [-0.25, -0.2) is 0 Å². The van der Waals surface area contributed by atoms with Gasteiger partial charge in [-0.2, -0.15) is 5.26 Å². The second-order valence-electron chi connectivity index (χ2n) is 4.00. The lowest BCUT2D eigenvalue weighted by Gasteiger charge is -2.28. The van der Waals surface area contributed by atoms with Crippen LogP contribution in [0.1, 0.15) is 33.6 Å². The molecule has 0 unspecified atom stereocenters. The molecule has 0 bridgehead atoms. The lowest BCUT2D eigenvalue weighted by Crippen LogP contribution is -2.40. The van der Waals surface area contributed by atoms with Crippen molar-refractivity contribution >= 4 is 5.97 Å². The first-order chi connectivity index (χ1) is 6.94. The van der Waals surface area contributed by atoms with Gasteiger partial charge in [0.05, 0.1) is 12.7 Å². The maximum absolute atomic E-state index is 11.0. The van der Waals surface area contributed by atoms with Gasteiger partial charge < -0.3 is 4.74 Å². The average Bonchev–Trinajstić information content (AvgIpc) is 2.18. The monoisotopic (exact) mass is 212 g/mol. The third-order valence-corrected chi connectivity index (χ3v) is 2.41. The molecular formula is C11H20N2O2. The van der Waals surface area contributed by atoms with Crippen molar-refractivity contribution in [3.8, 4) is 6.07 Å². The van der Waals surface area contributed by atoms with Gasteiger partial charge in [-0.3, -0.25) is 9.69 Å². The van der Waals surface area contributed by atoms with Crippen molar-refractivity contribution in [1.82, 2.24) is 4.90 Å². The van der Waals surface area contributed by atoms with Crippen molar-refractivity contribution in [3.63, 3.8) is 0 Å². The van der Waals surface area contributed by atoms with Crippen LogP contribution in [-0.2, 0) is 9.53 Å². The predicted octanol–water partition coefficient (Wildman–Crippen LogP) is 1.56. The lowest BCUT2D eigenvalue weighted by atomic mass is 10.1. The molecule has 0 aromatic heterocycles. The molecule has 0 saturated carbocycles. The highest BCUT2D eigenvalue weighted by atomic mass is 16.5. The van der Waals surface area contributed by atoms with Crippen molar-refractivity contribution in [2.75, 3.05) is 20.2 Å². The summed E-state index contributed by atoms with van der Waals surface area (Å²) in [5, 5.41) is 8.87. The summed E-state index contributed by atoms with van der Waals surface area (Å²) in [6.45, 7) is 6.66. The Morgan fingerprint density at radius 1 is 1.53 bits per heavy atom. The number of hydrogen-bond donors (Lipinski definition) is 0. The van der Waals surface area contributed by atoms with Gasteiger partial charge in [-0.15, -0.1) is 0 Å². The highest BCUT2D eigenvalue weighted by Gasteiger charge is 2.22. The normalized spacial score (nSPS) is 11.2. The highest BCUT2D eigenvalue weighted by molar-refractivity contribution is 5.69. The average molecular weight is 212 g/mol. The van der Waals surface area contributed by atoms with E-state index in [0.717, 1.165) is 13.0 Å². The first-order valence-corrected chi connectivity index (χ1v) is 5.22. The Morgan fingerprint density at radius 2 is 2.13 bits per heavy atom. The smallest absolute Gasteiger partial charge is 0.305 e. The summed E-state index contributed by atoms with van der Waals surface area (Å²) in [7, 11) is 1.88. The molecule has 0 rings (SSSR count). The van der Waals surface area contributed by atoms with Crippen LogP contribution in [0.5, 0.6) is 0 Å². The molecular weight excluding hydrogens is 192 g/mol. The van der Waals surface area contributed by atoms with E-state index < -0.39 is 5.54 Å². The Balaban J connectivity index is 3.79. The zero-order chi connectivity index (χ0) is 11.9. The van der Waals surface area contributed by atoms with E-state index in [2.05, 4.69) is 6.07 Å².